The van der Waals surface area contributed by atoms with Gasteiger partial charge in [0.05, 0.1) is 37.3 Å². The Morgan fingerprint density at radius 2 is 1.85 bits per heavy atom. The number of carbonyl (C=O) groups is 1. The van der Waals surface area contributed by atoms with Crippen molar-refractivity contribution >= 4 is 52.9 Å². The minimum absolute atomic E-state index is 0.00225. The van der Waals surface area contributed by atoms with Crippen LogP contribution in [0.5, 0.6) is 5.75 Å². The molecule has 3 aromatic rings. The predicted molar refractivity (Wildman–Crippen MR) is 158 cm³/mol. The molecule has 1 aliphatic rings. The summed E-state index contributed by atoms with van der Waals surface area (Å²) in [7, 11) is -2.13. The molecule has 4 rings (SSSR count). The first-order valence-corrected chi connectivity index (χ1v) is 17.7. The van der Waals surface area contributed by atoms with Crippen LogP contribution in [0.3, 0.4) is 0 Å². The van der Waals surface area contributed by atoms with Crippen molar-refractivity contribution < 1.29 is 27.4 Å². The quantitative estimate of drug-likeness (QED) is 0.207. The molecule has 2 aromatic carbocycles. The zero-order valence-corrected chi connectivity index (χ0v) is 26.4. The van der Waals surface area contributed by atoms with Crippen LogP contribution in [0.1, 0.15) is 28.9 Å². The van der Waals surface area contributed by atoms with Gasteiger partial charge >= 0.3 is 5.97 Å². The van der Waals surface area contributed by atoms with Crippen molar-refractivity contribution in [2.24, 2.45) is 0 Å². The lowest BCUT2D eigenvalue weighted by molar-refractivity contribution is 0.0586. The van der Waals surface area contributed by atoms with E-state index in [0.29, 0.717) is 46.1 Å². The van der Waals surface area contributed by atoms with Crippen LogP contribution < -0.4 is 4.74 Å². The second-order valence-corrected chi connectivity index (χ2v) is 17.8. The van der Waals surface area contributed by atoms with Crippen molar-refractivity contribution in [1.29, 1.82) is 5.26 Å². The summed E-state index contributed by atoms with van der Waals surface area (Å²) in [5.41, 5.74) is 0.0516. The molecule has 1 saturated carbocycles. The Morgan fingerprint density at radius 3 is 2.40 bits per heavy atom. The van der Waals surface area contributed by atoms with Crippen molar-refractivity contribution in [1.82, 2.24) is 14.1 Å². The van der Waals surface area contributed by atoms with Crippen molar-refractivity contribution in [3.05, 3.63) is 52.1 Å². The maximum Gasteiger partial charge on any atom is 0.359 e. The van der Waals surface area contributed by atoms with Crippen molar-refractivity contribution in [2.45, 2.75) is 36.6 Å². The smallest absolute Gasteiger partial charge is 0.359 e. The van der Waals surface area contributed by atoms with Gasteiger partial charge in [0.2, 0.25) is 10.0 Å². The molecular formula is C27H33BrN4O6S2. The van der Waals surface area contributed by atoms with Gasteiger partial charge in [-0.25, -0.2) is 27.9 Å². The van der Waals surface area contributed by atoms with Gasteiger partial charge in [-0.1, -0.05) is 12.1 Å². The van der Waals surface area contributed by atoms with Gasteiger partial charge in [0.15, 0.2) is 5.69 Å². The lowest BCUT2D eigenvalue weighted by Gasteiger charge is -2.27. The molecule has 1 heterocycles. The molecule has 0 amide bonds. The molecule has 13 heteroatoms. The van der Waals surface area contributed by atoms with Gasteiger partial charge in [-0.2, -0.15) is 14.7 Å². The molecule has 0 bridgehead atoms. The van der Waals surface area contributed by atoms with Crippen LogP contribution in [0, 0.1) is 11.3 Å². The van der Waals surface area contributed by atoms with E-state index in [1.54, 1.807) is 31.4 Å². The van der Waals surface area contributed by atoms with Gasteiger partial charge in [0, 0.05) is 22.2 Å². The molecule has 0 unspecified atom stereocenters. The molecular weight excluding hydrogens is 620 g/mol. The van der Waals surface area contributed by atoms with Gasteiger partial charge in [-0.05, 0) is 77.4 Å². The van der Waals surface area contributed by atoms with Crippen molar-refractivity contribution in [2.75, 3.05) is 45.3 Å². The summed E-state index contributed by atoms with van der Waals surface area (Å²) >= 11 is 3.50. The lowest BCUT2D eigenvalue weighted by Crippen LogP contribution is -2.40. The number of aromatic nitrogens is 2. The molecule has 40 heavy (non-hydrogen) atoms. The van der Waals surface area contributed by atoms with Gasteiger partial charge in [0.1, 0.15) is 18.0 Å². The molecule has 0 N–H and O–H groups in total. The molecule has 1 fully saturated rings. The number of fused-ring (bicyclic) bond motifs is 1. The van der Waals surface area contributed by atoms with E-state index in [4.69, 9.17) is 14.2 Å². The SMILES string of the molecule is COC(=O)c1nn(COCCS(C)(C)C)c2c(Br)cc(S(=O)(=O)N(Cc3ccc(OC)cc3)C3(C#N)CC3)cc12. The molecule has 0 spiro atoms. The second kappa shape index (κ2) is 11.7. The van der Waals surface area contributed by atoms with E-state index in [-0.39, 0.29) is 23.9 Å². The largest absolute Gasteiger partial charge is 0.497 e. The molecule has 1 aromatic heterocycles. The van der Waals surface area contributed by atoms with Gasteiger partial charge in [0.25, 0.3) is 0 Å². The normalized spacial score (nSPS) is 15.2. The van der Waals surface area contributed by atoms with Crippen LogP contribution >= 0.6 is 26.0 Å². The second-order valence-electron chi connectivity index (χ2n) is 10.5. The van der Waals surface area contributed by atoms with Gasteiger partial charge in [-0.3, -0.25) is 0 Å². The Bertz CT molecular complexity index is 1550. The molecule has 1 aliphatic carbocycles. The van der Waals surface area contributed by atoms with Crippen LogP contribution in [-0.2, 0) is 32.8 Å². The molecule has 10 nitrogen and oxygen atoms in total. The summed E-state index contributed by atoms with van der Waals surface area (Å²) in [5.74, 6) is 0.852. The fourth-order valence-electron chi connectivity index (χ4n) is 4.22. The summed E-state index contributed by atoms with van der Waals surface area (Å²) in [5, 5.41) is 14.7. The van der Waals surface area contributed by atoms with E-state index in [2.05, 4.69) is 45.9 Å². The van der Waals surface area contributed by atoms with E-state index in [1.165, 1.54) is 28.2 Å². The number of rotatable bonds is 12. The highest BCUT2D eigenvalue weighted by molar-refractivity contribution is 9.10. The zero-order chi connectivity index (χ0) is 29.3. The molecule has 216 valence electrons. The predicted octanol–water partition coefficient (Wildman–Crippen LogP) is 4.51. The number of carbonyl (C=O) groups excluding carboxylic acids is 1. The van der Waals surface area contributed by atoms with Crippen LogP contribution in [0.15, 0.2) is 45.8 Å². The maximum atomic E-state index is 14.1. The minimum atomic E-state index is -4.18. The lowest BCUT2D eigenvalue weighted by atomic mass is 10.2. The summed E-state index contributed by atoms with van der Waals surface area (Å²) in [6, 6.07) is 12.1. The number of halogens is 1. The number of sulfonamides is 1. The molecule has 0 aliphatic heterocycles. The fraction of sp³-hybridized carbons (Fsp3) is 0.444. The Hall–Kier alpha value is -2.63. The van der Waals surface area contributed by atoms with Crippen molar-refractivity contribution in [3.63, 3.8) is 0 Å². The monoisotopic (exact) mass is 652 g/mol. The number of esters is 1. The van der Waals surface area contributed by atoms with Crippen LogP contribution in [0.2, 0.25) is 0 Å². The standard InChI is InChI=1S/C27H33BrN4O6S2/c1-36-20-8-6-19(7-9-20)16-32(27(17-29)10-11-27)40(34,35)21-14-22-24(26(33)37-2)30-31(25(22)23(28)15-21)18-38-12-13-39(3,4)5/h6-9,14-15H,10-13,16,18H2,1-5H3. The zero-order valence-electron chi connectivity index (χ0n) is 23.1. The topological polar surface area (TPSA) is 124 Å². The molecule has 0 radical (unpaired) electrons. The average molecular weight is 654 g/mol. The average Bonchev–Trinajstić information content (AvgIpc) is 3.62. The van der Waals surface area contributed by atoms with Crippen LogP contribution in [0.25, 0.3) is 10.9 Å². The Labute approximate surface area is 244 Å². The van der Waals surface area contributed by atoms with Crippen molar-refractivity contribution in [3.8, 4) is 11.8 Å². The first-order valence-electron chi connectivity index (χ1n) is 12.4. The number of hydrogen-bond donors (Lipinski definition) is 0. The highest BCUT2D eigenvalue weighted by Gasteiger charge is 2.54. The van der Waals surface area contributed by atoms with Crippen LogP contribution in [-0.4, -0.2) is 79.4 Å². The van der Waals surface area contributed by atoms with Gasteiger partial charge in [-0.15, -0.1) is 0 Å². The third kappa shape index (κ3) is 6.31. The number of nitrogens with zero attached hydrogens (tertiary/aromatic N) is 4. The van der Waals surface area contributed by atoms with E-state index >= 15 is 0 Å². The highest BCUT2D eigenvalue weighted by atomic mass is 79.9. The van der Waals surface area contributed by atoms with E-state index in [9.17, 15) is 18.5 Å². The molecule has 0 saturated heterocycles. The first kappa shape index (κ1) is 30.3. The summed E-state index contributed by atoms with van der Waals surface area (Å²) in [4.78, 5) is 12.6. The number of methoxy groups -OCH3 is 2. The summed E-state index contributed by atoms with van der Waals surface area (Å²) < 4.78 is 47.4. The highest BCUT2D eigenvalue weighted by Crippen LogP contribution is 2.46. The van der Waals surface area contributed by atoms with E-state index in [0.717, 1.165) is 5.75 Å². The molecule has 0 atom stereocenters. The Balaban J connectivity index is 1.75. The Kier molecular flexibility index (Phi) is 8.87. The number of hydrogen-bond acceptors (Lipinski definition) is 8. The maximum absolute atomic E-state index is 14.1. The number of ether oxygens (including phenoxy) is 3. The minimum Gasteiger partial charge on any atom is -0.497 e. The van der Waals surface area contributed by atoms with Gasteiger partial charge < -0.3 is 14.2 Å². The first-order chi connectivity index (χ1) is 18.8. The van der Waals surface area contributed by atoms with E-state index in [1.807, 2.05) is 0 Å². The third-order valence-corrected chi connectivity index (χ3v) is 10.6. The Morgan fingerprint density at radius 1 is 1.18 bits per heavy atom. The van der Waals surface area contributed by atoms with Crippen LogP contribution in [0.4, 0.5) is 0 Å². The number of nitriles is 1. The number of benzene rings is 2. The summed E-state index contributed by atoms with van der Waals surface area (Å²) in [6.07, 6.45) is 7.46. The fourth-order valence-corrected chi connectivity index (χ4v) is 7.44. The third-order valence-electron chi connectivity index (χ3n) is 6.69. The van der Waals surface area contributed by atoms with E-state index < -0.39 is 31.6 Å². The summed E-state index contributed by atoms with van der Waals surface area (Å²) in [6.45, 7) is 0.603.